The first-order valence-electron chi connectivity index (χ1n) is 7.52. The molecule has 0 saturated carbocycles. The van der Waals surface area contributed by atoms with Crippen LogP contribution >= 0.6 is 0 Å². The fraction of sp³-hybridized carbons (Fsp3) is 0.500. The highest BCUT2D eigenvalue weighted by Gasteiger charge is 2.13. The highest BCUT2D eigenvalue weighted by atomic mass is 16.1. The summed E-state index contributed by atoms with van der Waals surface area (Å²) in [6, 6.07) is 6.33. The molecule has 1 nitrogen and oxygen atoms in total. The van der Waals surface area contributed by atoms with Gasteiger partial charge in [0.25, 0.3) is 0 Å². The number of carbonyl (C=O) groups is 1. The van der Waals surface area contributed by atoms with E-state index < -0.39 is 0 Å². The van der Waals surface area contributed by atoms with Crippen LogP contribution in [-0.2, 0) is 12.8 Å². The molecule has 0 spiro atoms. The Morgan fingerprint density at radius 1 is 1.05 bits per heavy atom. The van der Waals surface area contributed by atoms with Crippen LogP contribution in [0, 0.1) is 0 Å². The van der Waals surface area contributed by atoms with Crippen molar-refractivity contribution in [2.75, 3.05) is 0 Å². The summed E-state index contributed by atoms with van der Waals surface area (Å²) in [5.41, 5.74) is 3.40. The number of benzene rings is 1. The van der Waals surface area contributed by atoms with Gasteiger partial charge in [-0.05, 0) is 49.8 Å². The van der Waals surface area contributed by atoms with E-state index in [1.54, 1.807) is 6.08 Å². The maximum absolute atomic E-state index is 12.3. The number of hydrogen-bond acceptors (Lipinski definition) is 1. The second-order valence-corrected chi connectivity index (χ2v) is 5.02. The van der Waals surface area contributed by atoms with Crippen LogP contribution in [0.5, 0.6) is 0 Å². The van der Waals surface area contributed by atoms with Gasteiger partial charge in [0.2, 0.25) is 0 Å². The van der Waals surface area contributed by atoms with Gasteiger partial charge in [0.15, 0.2) is 5.78 Å². The van der Waals surface area contributed by atoms with Crippen molar-refractivity contribution in [2.45, 2.75) is 59.3 Å². The molecule has 0 fully saturated rings. The van der Waals surface area contributed by atoms with Crippen LogP contribution in [0.25, 0.3) is 0 Å². The Bertz CT molecular complexity index is 403. The molecule has 0 aliphatic rings. The summed E-state index contributed by atoms with van der Waals surface area (Å²) < 4.78 is 0. The molecule has 0 unspecified atom stereocenters. The second-order valence-electron chi connectivity index (χ2n) is 5.02. The number of carbonyl (C=O) groups excluding carboxylic acids is 1. The van der Waals surface area contributed by atoms with E-state index >= 15 is 0 Å². The number of hydrogen-bond donors (Lipinski definition) is 0. The molecule has 1 rings (SSSR count). The second kappa shape index (κ2) is 8.68. The van der Waals surface area contributed by atoms with Gasteiger partial charge >= 0.3 is 0 Å². The van der Waals surface area contributed by atoms with E-state index in [9.17, 15) is 4.79 Å². The largest absolute Gasteiger partial charge is 0.289 e. The predicted octanol–water partition coefficient (Wildman–Crippen LogP) is 5.13. The van der Waals surface area contributed by atoms with Crippen LogP contribution in [0.3, 0.4) is 0 Å². The molecule has 0 bridgehead atoms. The Balaban J connectivity index is 3.11. The van der Waals surface area contributed by atoms with Crippen molar-refractivity contribution in [1.29, 1.82) is 0 Å². The normalized spacial score (nSPS) is 11.1. The van der Waals surface area contributed by atoms with Gasteiger partial charge in [0.1, 0.15) is 0 Å². The number of unbranched alkanes of at least 4 members (excludes halogenated alkanes) is 2. The maximum Gasteiger partial charge on any atom is 0.186 e. The molecule has 1 aromatic rings. The van der Waals surface area contributed by atoms with E-state index in [4.69, 9.17) is 0 Å². The molecule has 0 aromatic heterocycles. The number of allylic oxidation sites excluding steroid dienone is 2. The minimum atomic E-state index is 0.167. The van der Waals surface area contributed by atoms with E-state index in [0.29, 0.717) is 0 Å². The lowest BCUT2D eigenvalue weighted by Crippen LogP contribution is -2.06. The molecule has 0 saturated heterocycles. The van der Waals surface area contributed by atoms with E-state index in [0.717, 1.165) is 44.1 Å². The van der Waals surface area contributed by atoms with Crippen molar-refractivity contribution >= 4 is 5.78 Å². The number of rotatable bonds is 8. The Kier molecular flexibility index (Phi) is 7.17. The minimum absolute atomic E-state index is 0.167. The third-order valence-electron chi connectivity index (χ3n) is 3.40. The van der Waals surface area contributed by atoms with Gasteiger partial charge < -0.3 is 0 Å². The summed E-state index contributed by atoms with van der Waals surface area (Å²) in [4.78, 5) is 12.3. The third-order valence-corrected chi connectivity index (χ3v) is 3.40. The summed E-state index contributed by atoms with van der Waals surface area (Å²) in [7, 11) is 0. The predicted molar refractivity (Wildman–Crippen MR) is 82.8 cm³/mol. The van der Waals surface area contributed by atoms with Gasteiger partial charge in [-0.2, -0.15) is 0 Å². The molecular weight excluding hydrogens is 232 g/mol. The Morgan fingerprint density at radius 2 is 1.58 bits per heavy atom. The van der Waals surface area contributed by atoms with Gasteiger partial charge in [0, 0.05) is 5.56 Å². The molecule has 0 amide bonds. The molecule has 0 aliphatic carbocycles. The van der Waals surface area contributed by atoms with Crippen LogP contribution in [0.1, 0.15) is 67.9 Å². The lowest BCUT2D eigenvalue weighted by atomic mass is 9.91. The highest BCUT2D eigenvalue weighted by molar-refractivity contribution is 6.06. The van der Waals surface area contributed by atoms with Crippen LogP contribution in [0.2, 0.25) is 0 Å². The van der Waals surface area contributed by atoms with E-state index in [2.05, 4.69) is 32.0 Å². The lowest BCUT2D eigenvalue weighted by molar-refractivity contribution is 0.104. The summed E-state index contributed by atoms with van der Waals surface area (Å²) in [6.07, 6.45) is 10.2. The van der Waals surface area contributed by atoms with Crippen molar-refractivity contribution < 1.29 is 4.79 Å². The van der Waals surface area contributed by atoms with Crippen molar-refractivity contribution in [3.63, 3.8) is 0 Å². The standard InChI is InChI=1S/C18H26O/c1-4-7-11-15-13-9-14-16(12-8-5-2)18(15)17(19)10-6-3/h6,9-10,13-14H,4-5,7-8,11-12H2,1-3H3/b10-6+. The lowest BCUT2D eigenvalue weighted by Gasteiger charge is -2.12. The van der Waals surface area contributed by atoms with Crippen molar-refractivity contribution in [3.05, 3.63) is 47.0 Å². The smallest absolute Gasteiger partial charge is 0.186 e. The molecular formula is C18H26O. The topological polar surface area (TPSA) is 17.1 Å². The fourth-order valence-electron chi connectivity index (χ4n) is 2.36. The Labute approximate surface area is 117 Å². The van der Waals surface area contributed by atoms with Gasteiger partial charge in [-0.25, -0.2) is 0 Å². The zero-order valence-corrected chi connectivity index (χ0v) is 12.5. The SMILES string of the molecule is C/C=C/C(=O)c1c(CCCC)cccc1CCCC. The Morgan fingerprint density at radius 3 is 2.00 bits per heavy atom. The zero-order chi connectivity index (χ0) is 14.1. The third kappa shape index (κ3) is 4.66. The molecule has 104 valence electrons. The number of ketones is 1. The average Bonchev–Trinajstić information content (AvgIpc) is 2.42. The first-order chi connectivity index (χ1) is 9.24. The van der Waals surface area contributed by atoms with Crippen LogP contribution in [-0.4, -0.2) is 5.78 Å². The van der Waals surface area contributed by atoms with Gasteiger partial charge in [-0.1, -0.05) is 51.0 Å². The highest BCUT2D eigenvalue weighted by Crippen LogP contribution is 2.20. The minimum Gasteiger partial charge on any atom is -0.289 e. The van der Waals surface area contributed by atoms with Crippen LogP contribution in [0.4, 0.5) is 0 Å². The molecule has 0 N–H and O–H groups in total. The Hall–Kier alpha value is -1.37. The quantitative estimate of drug-likeness (QED) is 0.466. The van der Waals surface area contributed by atoms with E-state index in [1.807, 2.05) is 13.0 Å². The molecule has 1 aromatic carbocycles. The van der Waals surface area contributed by atoms with Gasteiger partial charge in [-0.15, -0.1) is 0 Å². The van der Waals surface area contributed by atoms with Gasteiger partial charge in [0.05, 0.1) is 0 Å². The molecule has 1 heteroatoms. The average molecular weight is 258 g/mol. The zero-order valence-electron chi connectivity index (χ0n) is 12.5. The van der Waals surface area contributed by atoms with Crippen molar-refractivity contribution in [1.82, 2.24) is 0 Å². The fourth-order valence-corrected chi connectivity index (χ4v) is 2.36. The summed E-state index contributed by atoms with van der Waals surface area (Å²) in [5.74, 6) is 0.167. The van der Waals surface area contributed by atoms with Crippen molar-refractivity contribution in [2.24, 2.45) is 0 Å². The van der Waals surface area contributed by atoms with Crippen LogP contribution < -0.4 is 0 Å². The van der Waals surface area contributed by atoms with E-state index in [-0.39, 0.29) is 5.78 Å². The van der Waals surface area contributed by atoms with Crippen LogP contribution in [0.15, 0.2) is 30.4 Å². The summed E-state index contributed by atoms with van der Waals surface area (Å²) in [6.45, 7) is 6.28. The summed E-state index contributed by atoms with van der Waals surface area (Å²) in [5, 5.41) is 0. The molecule has 0 atom stereocenters. The van der Waals surface area contributed by atoms with Gasteiger partial charge in [-0.3, -0.25) is 4.79 Å². The van der Waals surface area contributed by atoms with E-state index in [1.165, 1.54) is 11.1 Å². The maximum atomic E-state index is 12.3. The first-order valence-corrected chi connectivity index (χ1v) is 7.52. The molecule has 0 heterocycles. The molecule has 0 aliphatic heterocycles. The monoisotopic (exact) mass is 258 g/mol. The molecule has 19 heavy (non-hydrogen) atoms. The first kappa shape index (κ1) is 15.7. The summed E-state index contributed by atoms with van der Waals surface area (Å²) >= 11 is 0. The van der Waals surface area contributed by atoms with Crippen molar-refractivity contribution in [3.8, 4) is 0 Å². The number of aryl methyl sites for hydroxylation is 2. The molecule has 0 radical (unpaired) electrons.